The van der Waals surface area contributed by atoms with Crippen molar-refractivity contribution in [2.45, 2.75) is 40.3 Å². The van der Waals surface area contributed by atoms with Gasteiger partial charge in [0, 0.05) is 38.8 Å². The normalized spacial score (nSPS) is 14.9. The number of carbonyl (C=O) groups excluding carboxylic acids is 1. The molecule has 0 saturated heterocycles. The number of hydrogen-bond donors (Lipinski definition) is 0. The summed E-state index contributed by atoms with van der Waals surface area (Å²) in [5.41, 5.74) is 5.26. The van der Waals surface area contributed by atoms with Gasteiger partial charge in [0.15, 0.2) is 4.80 Å². The zero-order valence-electron chi connectivity index (χ0n) is 25.3. The fourth-order valence-electron chi connectivity index (χ4n) is 5.81. The van der Waals surface area contributed by atoms with E-state index in [0.29, 0.717) is 49.6 Å². The van der Waals surface area contributed by atoms with Gasteiger partial charge < -0.3 is 14.0 Å². The first-order valence-electron chi connectivity index (χ1n) is 14.7. The zero-order chi connectivity index (χ0) is 31.8. The summed E-state index contributed by atoms with van der Waals surface area (Å²) >= 11 is 14.0. The van der Waals surface area contributed by atoms with Gasteiger partial charge in [0.05, 0.1) is 35.1 Å². The molecular formula is C35H31Cl2N3O4S. The molecule has 1 atom stereocenters. The van der Waals surface area contributed by atoms with Gasteiger partial charge >= 0.3 is 5.97 Å². The molecule has 10 heteroatoms. The maximum atomic E-state index is 14.3. The Balaban J connectivity index is 1.52. The van der Waals surface area contributed by atoms with Crippen LogP contribution in [0.15, 0.2) is 87.8 Å². The second-order valence-corrected chi connectivity index (χ2v) is 12.5. The zero-order valence-corrected chi connectivity index (χ0v) is 27.6. The summed E-state index contributed by atoms with van der Waals surface area (Å²) in [6.45, 7) is 8.78. The van der Waals surface area contributed by atoms with E-state index in [0.717, 1.165) is 33.3 Å². The fourth-order valence-corrected chi connectivity index (χ4v) is 7.31. The van der Waals surface area contributed by atoms with E-state index in [1.54, 1.807) is 24.5 Å². The second kappa shape index (κ2) is 12.7. The highest BCUT2D eigenvalue weighted by atomic mass is 35.5. The molecule has 45 heavy (non-hydrogen) atoms. The molecule has 5 aromatic rings. The lowest BCUT2D eigenvalue weighted by atomic mass is 9.96. The van der Waals surface area contributed by atoms with Crippen LogP contribution in [0.5, 0.6) is 5.75 Å². The summed E-state index contributed by atoms with van der Waals surface area (Å²) in [7, 11) is 0. The predicted octanol–water partition coefficient (Wildman–Crippen LogP) is 6.82. The third-order valence-corrected chi connectivity index (χ3v) is 9.49. The fraction of sp³-hybridized carbons (Fsp3) is 0.229. The lowest BCUT2D eigenvalue weighted by Gasteiger charge is -2.24. The number of nitrogens with zero attached hydrogens (tertiary/aromatic N) is 3. The average Bonchev–Trinajstić information content (AvgIpc) is 3.46. The van der Waals surface area contributed by atoms with Gasteiger partial charge in [-0.2, -0.15) is 0 Å². The summed E-state index contributed by atoms with van der Waals surface area (Å²) in [5.74, 6) is 0.213. The maximum Gasteiger partial charge on any atom is 0.338 e. The molecule has 230 valence electrons. The van der Waals surface area contributed by atoms with Gasteiger partial charge in [-0.05, 0) is 75.2 Å². The van der Waals surface area contributed by atoms with Crippen molar-refractivity contribution in [1.29, 1.82) is 0 Å². The standard InChI is InChI=1S/C35H31Cl2N3O4S/c1-5-43-25-15-12-22(13-16-25)32-31(34(42)44-6-2)20(3)38-35-40(32)33(41)30(45-35)18-27-21(4)39(29-10-8-7-9-26(27)29)19-23-11-14-24(36)17-28(23)37/h7-18,32H,5-6,19H2,1-4H3/b30-18-/t32-/m1/s1. The van der Waals surface area contributed by atoms with Crippen molar-refractivity contribution in [3.8, 4) is 5.75 Å². The number of ether oxygens (including phenoxy) is 2. The Morgan fingerprint density at radius 2 is 1.78 bits per heavy atom. The Hall–Kier alpha value is -4.11. The molecule has 6 rings (SSSR count). The molecule has 0 fully saturated rings. The number of aromatic nitrogens is 2. The number of fused-ring (bicyclic) bond motifs is 2. The number of allylic oxidation sites excluding steroid dienone is 1. The number of esters is 1. The second-order valence-electron chi connectivity index (χ2n) is 10.6. The first-order valence-corrected chi connectivity index (χ1v) is 16.2. The van der Waals surface area contributed by atoms with E-state index in [1.807, 2.05) is 68.5 Å². The minimum Gasteiger partial charge on any atom is -0.494 e. The Kier molecular flexibility index (Phi) is 8.73. The average molecular weight is 661 g/mol. The first kappa shape index (κ1) is 30.9. The molecule has 0 radical (unpaired) electrons. The molecule has 2 aromatic heterocycles. The molecule has 0 N–H and O–H groups in total. The molecule has 0 aliphatic carbocycles. The highest BCUT2D eigenvalue weighted by Gasteiger charge is 2.33. The molecule has 7 nitrogen and oxygen atoms in total. The highest BCUT2D eigenvalue weighted by molar-refractivity contribution is 7.07. The minimum atomic E-state index is -0.701. The first-order chi connectivity index (χ1) is 21.7. The van der Waals surface area contributed by atoms with E-state index in [-0.39, 0.29) is 12.2 Å². The number of carbonyl (C=O) groups is 1. The van der Waals surface area contributed by atoms with Crippen LogP contribution in [0.3, 0.4) is 0 Å². The molecule has 3 heterocycles. The summed E-state index contributed by atoms with van der Waals surface area (Å²) < 4.78 is 15.4. The lowest BCUT2D eigenvalue weighted by Crippen LogP contribution is -2.39. The van der Waals surface area contributed by atoms with E-state index >= 15 is 0 Å². The van der Waals surface area contributed by atoms with Crippen LogP contribution in [0, 0.1) is 6.92 Å². The monoisotopic (exact) mass is 659 g/mol. The molecule has 0 saturated carbocycles. The lowest BCUT2D eigenvalue weighted by molar-refractivity contribution is -0.139. The van der Waals surface area contributed by atoms with Gasteiger partial charge in [0.2, 0.25) is 0 Å². The molecule has 0 bridgehead atoms. The van der Waals surface area contributed by atoms with E-state index in [1.165, 1.54) is 11.3 Å². The summed E-state index contributed by atoms with van der Waals surface area (Å²) in [5, 5.41) is 2.19. The number of hydrogen-bond acceptors (Lipinski definition) is 6. The van der Waals surface area contributed by atoms with Crippen molar-refractivity contribution < 1.29 is 14.3 Å². The van der Waals surface area contributed by atoms with Crippen LogP contribution in [0.25, 0.3) is 17.0 Å². The SMILES string of the molecule is CCOC(=O)C1=C(C)N=c2s/c(=C\c3c(C)n(Cc4ccc(Cl)cc4Cl)c4ccccc34)c(=O)n2[C@@H]1c1ccc(OCC)cc1. The third kappa shape index (κ3) is 5.74. The van der Waals surface area contributed by atoms with Gasteiger partial charge in [-0.3, -0.25) is 9.36 Å². The van der Waals surface area contributed by atoms with Crippen LogP contribution in [-0.4, -0.2) is 28.3 Å². The summed E-state index contributed by atoms with van der Waals surface area (Å²) in [6.07, 6.45) is 1.93. The van der Waals surface area contributed by atoms with Crippen LogP contribution in [-0.2, 0) is 16.1 Å². The predicted molar refractivity (Wildman–Crippen MR) is 180 cm³/mol. The molecular weight excluding hydrogens is 629 g/mol. The molecule has 1 aliphatic rings. The Morgan fingerprint density at radius 1 is 1.02 bits per heavy atom. The largest absolute Gasteiger partial charge is 0.494 e. The van der Waals surface area contributed by atoms with Crippen molar-refractivity contribution in [2.75, 3.05) is 13.2 Å². The van der Waals surface area contributed by atoms with Crippen molar-refractivity contribution in [1.82, 2.24) is 9.13 Å². The van der Waals surface area contributed by atoms with Gasteiger partial charge in [-0.15, -0.1) is 0 Å². The molecule has 3 aromatic carbocycles. The van der Waals surface area contributed by atoms with Crippen LogP contribution >= 0.6 is 34.5 Å². The molecule has 0 unspecified atom stereocenters. The molecule has 0 amide bonds. The number of benzene rings is 3. The number of thiazole rings is 1. The van der Waals surface area contributed by atoms with Gasteiger partial charge in [-0.1, -0.05) is 70.9 Å². The van der Waals surface area contributed by atoms with Crippen LogP contribution in [0.1, 0.15) is 49.2 Å². The van der Waals surface area contributed by atoms with Gasteiger partial charge in [0.1, 0.15) is 5.75 Å². The Morgan fingerprint density at radius 3 is 2.49 bits per heavy atom. The third-order valence-electron chi connectivity index (χ3n) is 7.92. The summed E-state index contributed by atoms with van der Waals surface area (Å²) in [4.78, 5) is 32.8. The summed E-state index contributed by atoms with van der Waals surface area (Å²) in [6, 6.07) is 20.4. The van der Waals surface area contributed by atoms with E-state index in [2.05, 4.69) is 16.7 Å². The number of halogens is 2. The number of para-hydroxylation sites is 1. The highest BCUT2D eigenvalue weighted by Crippen LogP contribution is 2.33. The maximum absolute atomic E-state index is 14.3. The number of rotatable bonds is 8. The van der Waals surface area contributed by atoms with Crippen molar-refractivity contribution >= 4 is 57.5 Å². The van der Waals surface area contributed by atoms with E-state index in [9.17, 15) is 9.59 Å². The Labute approximate surface area is 274 Å². The van der Waals surface area contributed by atoms with Crippen molar-refractivity contribution in [3.63, 3.8) is 0 Å². The van der Waals surface area contributed by atoms with Gasteiger partial charge in [-0.25, -0.2) is 9.79 Å². The van der Waals surface area contributed by atoms with Crippen LogP contribution in [0.4, 0.5) is 0 Å². The van der Waals surface area contributed by atoms with Crippen molar-refractivity contribution in [2.24, 2.45) is 4.99 Å². The molecule has 1 aliphatic heterocycles. The topological polar surface area (TPSA) is 74.8 Å². The van der Waals surface area contributed by atoms with E-state index in [4.69, 9.17) is 37.7 Å². The minimum absolute atomic E-state index is 0.209. The Bertz CT molecular complexity index is 2160. The molecule has 0 spiro atoms. The quantitative estimate of drug-likeness (QED) is 0.171. The van der Waals surface area contributed by atoms with Gasteiger partial charge in [0.25, 0.3) is 5.56 Å². The van der Waals surface area contributed by atoms with Crippen LogP contribution in [0.2, 0.25) is 10.0 Å². The smallest absolute Gasteiger partial charge is 0.338 e. The van der Waals surface area contributed by atoms with Crippen LogP contribution < -0.4 is 19.6 Å². The van der Waals surface area contributed by atoms with E-state index < -0.39 is 12.0 Å². The van der Waals surface area contributed by atoms with Crippen molar-refractivity contribution in [3.05, 3.63) is 130 Å².